The molecule has 0 aliphatic carbocycles. The molecule has 4 N–H and O–H groups in total. The number of nitrogens with two attached hydrogens (primary N) is 1. The summed E-state index contributed by atoms with van der Waals surface area (Å²) in [5.74, 6) is 0. The van der Waals surface area contributed by atoms with Crippen LogP contribution in [-0.4, -0.2) is 21.8 Å². The van der Waals surface area contributed by atoms with Gasteiger partial charge in [-0.25, -0.2) is 0 Å². The molecule has 92 valence electrons. The Morgan fingerprint density at radius 1 is 1.41 bits per heavy atom. The van der Waals surface area contributed by atoms with Gasteiger partial charge < -0.3 is 10.8 Å². The van der Waals surface area contributed by atoms with Crippen molar-refractivity contribution in [3.05, 3.63) is 29.5 Å². The van der Waals surface area contributed by atoms with Crippen molar-refractivity contribution in [1.82, 2.24) is 10.2 Å². The second kappa shape index (κ2) is 4.01. The molecule has 1 atom stereocenters. The van der Waals surface area contributed by atoms with E-state index in [4.69, 9.17) is 5.73 Å². The minimum absolute atomic E-state index is 0.0294. The smallest absolute Gasteiger partial charge is 0.385 e. The number of nitrogens with zero attached hydrogens (tertiary/aromatic N) is 1. The predicted octanol–water partition coefficient (Wildman–Crippen LogP) is 1.57. The van der Waals surface area contributed by atoms with Crippen molar-refractivity contribution >= 4 is 10.9 Å². The SMILES string of the molecule is NCC(O)c1[nH]nc2cc(C(F)(F)F)ccc12. The molecular formula is C10H10F3N3O. The maximum absolute atomic E-state index is 12.4. The Kier molecular flexibility index (Phi) is 2.80. The first-order chi connectivity index (χ1) is 7.93. The average Bonchev–Trinajstić information content (AvgIpc) is 2.69. The van der Waals surface area contributed by atoms with Crippen molar-refractivity contribution in [1.29, 1.82) is 0 Å². The van der Waals surface area contributed by atoms with Crippen molar-refractivity contribution in [3.8, 4) is 0 Å². The van der Waals surface area contributed by atoms with Gasteiger partial charge in [-0.2, -0.15) is 18.3 Å². The van der Waals surface area contributed by atoms with Gasteiger partial charge in [-0.05, 0) is 12.1 Å². The highest BCUT2D eigenvalue weighted by Crippen LogP contribution is 2.32. The van der Waals surface area contributed by atoms with E-state index >= 15 is 0 Å². The van der Waals surface area contributed by atoms with Crippen LogP contribution < -0.4 is 5.73 Å². The van der Waals surface area contributed by atoms with E-state index in [2.05, 4.69) is 10.2 Å². The molecule has 0 saturated carbocycles. The number of H-pyrrole nitrogens is 1. The minimum atomic E-state index is -4.40. The van der Waals surface area contributed by atoms with Crippen molar-refractivity contribution in [2.45, 2.75) is 12.3 Å². The van der Waals surface area contributed by atoms with Crippen molar-refractivity contribution in [2.75, 3.05) is 6.54 Å². The molecular weight excluding hydrogens is 235 g/mol. The van der Waals surface area contributed by atoms with Gasteiger partial charge in [-0.3, -0.25) is 5.10 Å². The fraction of sp³-hybridized carbons (Fsp3) is 0.300. The molecule has 0 radical (unpaired) electrons. The summed E-state index contributed by atoms with van der Waals surface area (Å²) in [6, 6.07) is 3.15. The van der Waals surface area contributed by atoms with E-state index in [1.807, 2.05) is 0 Å². The number of halogens is 3. The number of aromatic amines is 1. The zero-order chi connectivity index (χ0) is 12.6. The standard InChI is InChI=1S/C10H10F3N3O/c11-10(12,13)5-1-2-6-7(3-5)15-16-9(6)8(17)4-14/h1-3,8,17H,4,14H2,(H,15,16). The first kappa shape index (κ1) is 11.9. The Balaban J connectivity index is 2.52. The maximum Gasteiger partial charge on any atom is 0.416 e. The van der Waals surface area contributed by atoms with Gasteiger partial charge >= 0.3 is 6.18 Å². The van der Waals surface area contributed by atoms with E-state index in [-0.39, 0.29) is 12.1 Å². The van der Waals surface area contributed by atoms with Crippen LogP contribution in [0.2, 0.25) is 0 Å². The number of aromatic nitrogens is 2. The fourth-order valence-corrected chi connectivity index (χ4v) is 1.58. The Morgan fingerprint density at radius 3 is 2.71 bits per heavy atom. The Morgan fingerprint density at radius 2 is 2.12 bits per heavy atom. The highest BCUT2D eigenvalue weighted by atomic mass is 19.4. The topological polar surface area (TPSA) is 74.9 Å². The Hall–Kier alpha value is -1.60. The van der Waals surface area contributed by atoms with E-state index in [0.717, 1.165) is 12.1 Å². The van der Waals surface area contributed by atoms with Crippen molar-refractivity contribution < 1.29 is 18.3 Å². The summed E-state index contributed by atoms with van der Waals surface area (Å²) in [5, 5.41) is 16.2. The molecule has 1 aromatic carbocycles. The predicted molar refractivity (Wildman–Crippen MR) is 55.1 cm³/mol. The third-order valence-electron chi connectivity index (χ3n) is 2.47. The van der Waals surface area contributed by atoms with Crippen LogP contribution in [0.25, 0.3) is 10.9 Å². The molecule has 0 saturated heterocycles. The van der Waals surface area contributed by atoms with Crippen LogP contribution in [0, 0.1) is 0 Å². The second-order valence-electron chi connectivity index (χ2n) is 3.62. The lowest BCUT2D eigenvalue weighted by Gasteiger charge is -2.07. The van der Waals surface area contributed by atoms with E-state index in [0.29, 0.717) is 11.1 Å². The van der Waals surface area contributed by atoms with Gasteiger partial charge in [0.1, 0.15) is 6.10 Å². The summed E-state index contributed by atoms with van der Waals surface area (Å²) in [4.78, 5) is 0. The number of aliphatic hydroxyl groups is 1. The third-order valence-corrected chi connectivity index (χ3v) is 2.47. The average molecular weight is 245 g/mol. The molecule has 0 amide bonds. The summed E-state index contributed by atoms with van der Waals surface area (Å²) in [6.07, 6.45) is -5.36. The number of nitrogens with one attached hydrogen (secondary N) is 1. The van der Waals surface area contributed by atoms with Gasteiger partial charge in [-0.15, -0.1) is 0 Å². The zero-order valence-corrected chi connectivity index (χ0v) is 8.62. The first-order valence-corrected chi connectivity index (χ1v) is 4.87. The van der Waals surface area contributed by atoms with Crippen LogP contribution in [0.5, 0.6) is 0 Å². The number of aliphatic hydroxyl groups excluding tert-OH is 1. The molecule has 1 heterocycles. The van der Waals surface area contributed by atoms with Gasteiger partial charge in [0.25, 0.3) is 0 Å². The molecule has 1 unspecified atom stereocenters. The van der Waals surface area contributed by atoms with Crippen LogP contribution in [0.3, 0.4) is 0 Å². The fourth-order valence-electron chi connectivity index (χ4n) is 1.58. The number of fused-ring (bicyclic) bond motifs is 1. The highest BCUT2D eigenvalue weighted by molar-refractivity contribution is 5.82. The quantitative estimate of drug-likeness (QED) is 0.751. The minimum Gasteiger partial charge on any atom is -0.385 e. The molecule has 7 heteroatoms. The van der Waals surface area contributed by atoms with Crippen LogP contribution in [0.1, 0.15) is 17.4 Å². The van der Waals surface area contributed by atoms with Gasteiger partial charge in [0.05, 0.1) is 16.8 Å². The Bertz CT molecular complexity index is 535. The van der Waals surface area contributed by atoms with Gasteiger partial charge in [0.2, 0.25) is 0 Å². The Labute approximate surface area is 94.2 Å². The lowest BCUT2D eigenvalue weighted by Crippen LogP contribution is -2.12. The molecule has 2 aromatic rings. The van der Waals surface area contributed by atoms with Gasteiger partial charge in [-0.1, -0.05) is 6.07 Å². The molecule has 0 spiro atoms. The van der Waals surface area contributed by atoms with E-state index in [1.165, 1.54) is 6.07 Å². The van der Waals surface area contributed by atoms with Crippen LogP contribution in [0.15, 0.2) is 18.2 Å². The van der Waals surface area contributed by atoms with Crippen molar-refractivity contribution in [2.24, 2.45) is 5.73 Å². The molecule has 0 fully saturated rings. The summed E-state index contributed by atoms with van der Waals surface area (Å²) < 4.78 is 37.3. The highest BCUT2D eigenvalue weighted by Gasteiger charge is 2.31. The van der Waals surface area contributed by atoms with Crippen molar-refractivity contribution in [3.63, 3.8) is 0 Å². The summed E-state index contributed by atoms with van der Waals surface area (Å²) >= 11 is 0. The van der Waals surface area contributed by atoms with Crippen LogP contribution in [-0.2, 0) is 6.18 Å². The summed E-state index contributed by atoms with van der Waals surface area (Å²) in [6.45, 7) is -0.0294. The molecule has 0 bridgehead atoms. The molecule has 4 nitrogen and oxygen atoms in total. The number of alkyl halides is 3. The van der Waals surface area contributed by atoms with Crippen LogP contribution >= 0.6 is 0 Å². The van der Waals surface area contributed by atoms with E-state index in [9.17, 15) is 18.3 Å². The molecule has 2 rings (SSSR count). The third kappa shape index (κ3) is 2.11. The normalized spacial score (nSPS) is 14.2. The van der Waals surface area contributed by atoms with Gasteiger partial charge in [0, 0.05) is 11.9 Å². The van der Waals surface area contributed by atoms with Crippen LogP contribution in [0.4, 0.5) is 13.2 Å². The van der Waals surface area contributed by atoms with E-state index < -0.39 is 17.8 Å². The van der Waals surface area contributed by atoms with E-state index in [1.54, 1.807) is 0 Å². The second-order valence-corrected chi connectivity index (χ2v) is 3.62. The number of rotatable bonds is 2. The first-order valence-electron chi connectivity index (χ1n) is 4.87. The largest absolute Gasteiger partial charge is 0.416 e. The summed E-state index contributed by atoms with van der Waals surface area (Å²) in [7, 11) is 0. The maximum atomic E-state index is 12.4. The lowest BCUT2D eigenvalue weighted by molar-refractivity contribution is -0.137. The molecule has 17 heavy (non-hydrogen) atoms. The zero-order valence-electron chi connectivity index (χ0n) is 8.62. The monoisotopic (exact) mass is 245 g/mol. The molecule has 1 aromatic heterocycles. The molecule has 0 aliphatic rings. The molecule has 0 aliphatic heterocycles. The lowest BCUT2D eigenvalue weighted by atomic mass is 10.1. The number of hydrogen-bond acceptors (Lipinski definition) is 3. The summed E-state index contributed by atoms with van der Waals surface area (Å²) in [5.41, 5.74) is 4.99. The number of benzene rings is 1. The number of hydrogen-bond donors (Lipinski definition) is 3. The van der Waals surface area contributed by atoms with Gasteiger partial charge in [0.15, 0.2) is 0 Å².